The van der Waals surface area contributed by atoms with Crippen LogP contribution in [-0.2, 0) is 23.9 Å². The standard InChI is InChI=1S/C20H26BrNO6/c1-2-26-20(25)15-8-10-22(11-9-15)18(23)14-28-19(24)7-4-12-27-17-6-3-5-16(21)13-17/h3,5-6,13,15H,2,4,7-12,14H2,1H3. The molecule has 7 nitrogen and oxygen atoms in total. The second-order valence-corrected chi connectivity index (χ2v) is 7.39. The predicted molar refractivity (Wildman–Crippen MR) is 106 cm³/mol. The zero-order valence-electron chi connectivity index (χ0n) is 16.0. The summed E-state index contributed by atoms with van der Waals surface area (Å²) in [5, 5.41) is 0. The van der Waals surface area contributed by atoms with Crippen molar-refractivity contribution in [3.05, 3.63) is 28.7 Å². The lowest BCUT2D eigenvalue weighted by atomic mass is 9.97. The number of rotatable bonds is 9. The van der Waals surface area contributed by atoms with Crippen molar-refractivity contribution in [2.45, 2.75) is 32.6 Å². The van der Waals surface area contributed by atoms with Gasteiger partial charge in [0.25, 0.3) is 5.91 Å². The van der Waals surface area contributed by atoms with Gasteiger partial charge in [-0.25, -0.2) is 0 Å². The topological polar surface area (TPSA) is 82.1 Å². The third-order valence-electron chi connectivity index (χ3n) is 4.41. The van der Waals surface area contributed by atoms with E-state index in [4.69, 9.17) is 14.2 Å². The van der Waals surface area contributed by atoms with Crippen LogP contribution >= 0.6 is 15.9 Å². The Morgan fingerprint density at radius 3 is 2.61 bits per heavy atom. The predicted octanol–water partition coefficient (Wildman–Crippen LogP) is 2.95. The van der Waals surface area contributed by atoms with E-state index in [1.807, 2.05) is 24.3 Å². The summed E-state index contributed by atoms with van der Waals surface area (Å²) in [7, 11) is 0. The molecule has 0 atom stereocenters. The van der Waals surface area contributed by atoms with E-state index in [0.29, 0.717) is 45.6 Å². The van der Waals surface area contributed by atoms with E-state index in [2.05, 4.69) is 15.9 Å². The number of benzene rings is 1. The smallest absolute Gasteiger partial charge is 0.309 e. The van der Waals surface area contributed by atoms with Crippen LogP contribution < -0.4 is 4.74 Å². The number of amides is 1. The molecule has 1 heterocycles. The van der Waals surface area contributed by atoms with Crippen LogP contribution in [0.5, 0.6) is 5.75 Å². The normalized spacial score (nSPS) is 14.4. The molecular weight excluding hydrogens is 430 g/mol. The van der Waals surface area contributed by atoms with Gasteiger partial charge in [-0.15, -0.1) is 0 Å². The molecule has 1 fully saturated rings. The van der Waals surface area contributed by atoms with Crippen LogP contribution in [0.3, 0.4) is 0 Å². The van der Waals surface area contributed by atoms with E-state index in [-0.39, 0.29) is 30.8 Å². The minimum absolute atomic E-state index is 0.156. The highest BCUT2D eigenvalue weighted by Crippen LogP contribution is 2.19. The van der Waals surface area contributed by atoms with Gasteiger partial charge in [0.15, 0.2) is 6.61 Å². The van der Waals surface area contributed by atoms with Crippen LogP contribution in [-0.4, -0.2) is 55.7 Å². The van der Waals surface area contributed by atoms with Gasteiger partial charge in [0.1, 0.15) is 5.75 Å². The SMILES string of the molecule is CCOC(=O)C1CCN(C(=O)COC(=O)CCCOc2cccc(Br)c2)CC1. The number of hydrogen-bond acceptors (Lipinski definition) is 6. The zero-order valence-corrected chi connectivity index (χ0v) is 17.6. The fraction of sp³-hybridized carbons (Fsp3) is 0.550. The van der Waals surface area contributed by atoms with Crippen LogP contribution in [0.15, 0.2) is 28.7 Å². The Morgan fingerprint density at radius 1 is 1.18 bits per heavy atom. The Bertz CT molecular complexity index is 672. The van der Waals surface area contributed by atoms with Crippen molar-refractivity contribution >= 4 is 33.8 Å². The third kappa shape index (κ3) is 7.50. The fourth-order valence-electron chi connectivity index (χ4n) is 2.89. The molecule has 1 aliphatic rings. The van der Waals surface area contributed by atoms with Gasteiger partial charge < -0.3 is 19.1 Å². The first-order valence-corrected chi connectivity index (χ1v) is 10.3. The molecule has 0 bridgehead atoms. The summed E-state index contributed by atoms with van der Waals surface area (Å²) in [6, 6.07) is 7.46. The van der Waals surface area contributed by atoms with Crippen molar-refractivity contribution in [1.82, 2.24) is 4.90 Å². The van der Waals surface area contributed by atoms with Crippen LogP contribution in [0, 0.1) is 5.92 Å². The summed E-state index contributed by atoms with van der Waals surface area (Å²) in [4.78, 5) is 37.3. The van der Waals surface area contributed by atoms with E-state index >= 15 is 0 Å². The van der Waals surface area contributed by atoms with E-state index < -0.39 is 5.97 Å². The van der Waals surface area contributed by atoms with Crippen molar-refractivity contribution in [3.8, 4) is 5.75 Å². The lowest BCUT2D eigenvalue weighted by molar-refractivity contribution is -0.154. The number of likely N-dealkylation sites (tertiary alicyclic amines) is 1. The number of ether oxygens (including phenoxy) is 3. The Labute approximate surface area is 173 Å². The second-order valence-electron chi connectivity index (χ2n) is 6.48. The average molecular weight is 456 g/mol. The number of nitrogens with zero attached hydrogens (tertiary/aromatic N) is 1. The van der Waals surface area contributed by atoms with Crippen LogP contribution in [0.4, 0.5) is 0 Å². The van der Waals surface area contributed by atoms with E-state index in [9.17, 15) is 14.4 Å². The molecule has 2 rings (SSSR count). The molecular formula is C20H26BrNO6. The van der Waals surface area contributed by atoms with E-state index in [1.165, 1.54) is 0 Å². The number of halogens is 1. The number of hydrogen-bond donors (Lipinski definition) is 0. The highest BCUT2D eigenvalue weighted by Gasteiger charge is 2.28. The lowest BCUT2D eigenvalue weighted by Gasteiger charge is -2.30. The molecule has 0 aliphatic carbocycles. The number of piperidine rings is 1. The molecule has 0 saturated carbocycles. The highest BCUT2D eigenvalue weighted by molar-refractivity contribution is 9.10. The Balaban J connectivity index is 1.58. The summed E-state index contributed by atoms with van der Waals surface area (Å²) < 4.78 is 16.5. The molecule has 1 aromatic rings. The van der Waals surface area contributed by atoms with E-state index in [0.717, 1.165) is 10.2 Å². The third-order valence-corrected chi connectivity index (χ3v) is 4.91. The largest absolute Gasteiger partial charge is 0.494 e. The molecule has 8 heteroatoms. The van der Waals surface area contributed by atoms with Gasteiger partial charge in [0.2, 0.25) is 0 Å². The van der Waals surface area contributed by atoms with Crippen LogP contribution in [0.25, 0.3) is 0 Å². The van der Waals surface area contributed by atoms with Gasteiger partial charge in [-0.05, 0) is 44.4 Å². The van der Waals surface area contributed by atoms with Crippen molar-refractivity contribution in [1.29, 1.82) is 0 Å². The Kier molecular flexibility index (Phi) is 9.27. The lowest BCUT2D eigenvalue weighted by Crippen LogP contribution is -2.42. The number of esters is 2. The highest BCUT2D eigenvalue weighted by atomic mass is 79.9. The van der Waals surface area contributed by atoms with Gasteiger partial charge in [-0.2, -0.15) is 0 Å². The van der Waals surface area contributed by atoms with Crippen molar-refractivity contribution < 1.29 is 28.6 Å². The molecule has 0 aromatic heterocycles. The van der Waals surface area contributed by atoms with Crippen molar-refractivity contribution in [2.75, 3.05) is 32.9 Å². The first-order chi connectivity index (χ1) is 13.5. The van der Waals surface area contributed by atoms with Crippen molar-refractivity contribution in [2.24, 2.45) is 5.92 Å². The molecule has 0 unspecified atom stereocenters. The molecule has 28 heavy (non-hydrogen) atoms. The fourth-order valence-corrected chi connectivity index (χ4v) is 3.27. The summed E-state index contributed by atoms with van der Waals surface area (Å²) in [5.41, 5.74) is 0. The quantitative estimate of drug-likeness (QED) is 0.420. The minimum Gasteiger partial charge on any atom is -0.494 e. The van der Waals surface area contributed by atoms with Gasteiger partial charge in [0.05, 0.1) is 19.1 Å². The molecule has 0 N–H and O–H groups in total. The zero-order chi connectivity index (χ0) is 20.4. The molecule has 1 aliphatic heterocycles. The Morgan fingerprint density at radius 2 is 1.93 bits per heavy atom. The molecule has 1 aromatic carbocycles. The molecule has 154 valence electrons. The first kappa shape index (κ1) is 22.2. The number of carbonyl (C=O) groups is 3. The Hall–Kier alpha value is -2.09. The average Bonchev–Trinajstić information content (AvgIpc) is 2.70. The van der Waals surface area contributed by atoms with Gasteiger partial charge in [-0.1, -0.05) is 22.0 Å². The van der Waals surface area contributed by atoms with Crippen molar-refractivity contribution in [3.63, 3.8) is 0 Å². The van der Waals surface area contributed by atoms with Crippen LogP contribution in [0.2, 0.25) is 0 Å². The molecule has 0 radical (unpaired) electrons. The summed E-state index contributed by atoms with van der Waals surface area (Å²) in [6.07, 6.45) is 1.84. The van der Waals surface area contributed by atoms with Gasteiger partial charge in [0, 0.05) is 24.0 Å². The van der Waals surface area contributed by atoms with Gasteiger partial charge in [-0.3, -0.25) is 14.4 Å². The molecule has 1 amide bonds. The van der Waals surface area contributed by atoms with E-state index in [1.54, 1.807) is 11.8 Å². The van der Waals surface area contributed by atoms with Gasteiger partial charge >= 0.3 is 11.9 Å². The summed E-state index contributed by atoms with van der Waals surface area (Å²) in [5.74, 6) is -0.291. The second kappa shape index (κ2) is 11.7. The maximum absolute atomic E-state index is 12.2. The number of carbonyl (C=O) groups excluding carboxylic acids is 3. The minimum atomic E-state index is -0.424. The monoisotopic (exact) mass is 455 g/mol. The van der Waals surface area contributed by atoms with Crippen LogP contribution in [0.1, 0.15) is 32.6 Å². The summed E-state index contributed by atoms with van der Waals surface area (Å²) >= 11 is 3.37. The summed E-state index contributed by atoms with van der Waals surface area (Å²) in [6.45, 7) is 3.20. The maximum Gasteiger partial charge on any atom is 0.309 e. The maximum atomic E-state index is 12.2. The molecule has 0 spiro atoms. The molecule has 1 saturated heterocycles. The first-order valence-electron chi connectivity index (χ1n) is 9.48.